The van der Waals surface area contributed by atoms with Crippen molar-refractivity contribution in [1.82, 2.24) is 15.8 Å². The molecule has 22 heavy (non-hydrogen) atoms. The molecule has 2 amide bonds. The van der Waals surface area contributed by atoms with Crippen molar-refractivity contribution in [3.63, 3.8) is 0 Å². The molecule has 0 aliphatic rings. The Hall–Kier alpha value is -3.21. The lowest BCUT2D eigenvalue weighted by Crippen LogP contribution is -2.41. The van der Waals surface area contributed by atoms with Crippen LogP contribution in [0.4, 0.5) is 0 Å². The van der Waals surface area contributed by atoms with Gasteiger partial charge in [0.15, 0.2) is 0 Å². The smallest absolute Gasteiger partial charge is 0.267 e. The van der Waals surface area contributed by atoms with Crippen LogP contribution in [0.2, 0.25) is 0 Å². The minimum atomic E-state index is -0.386. The van der Waals surface area contributed by atoms with E-state index in [-0.39, 0.29) is 11.8 Å². The van der Waals surface area contributed by atoms with Crippen molar-refractivity contribution >= 4 is 22.7 Å². The summed E-state index contributed by atoms with van der Waals surface area (Å²) in [5.41, 5.74) is 6.48. The maximum absolute atomic E-state index is 12.2. The first-order valence-corrected chi connectivity index (χ1v) is 6.75. The van der Waals surface area contributed by atoms with Crippen LogP contribution in [0, 0.1) is 0 Å². The van der Waals surface area contributed by atoms with Gasteiger partial charge in [0.05, 0.1) is 11.1 Å². The normalized spacial score (nSPS) is 10.2. The summed E-state index contributed by atoms with van der Waals surface area (Å²) in [7, 11) is 0. The van der Waals surface area contributed by atoms with Crippen molar-refractivity contribution in [2.45, 2.75) is 0 Å². The van der Waals surface area contributed by atoms with Gasteiger partial charge in [-0.1, -0.05) is 36.4 Å². The van der Waals surface area contributed by atoms with E-state index >= 15 is 0 Å². The van der Waals surface area contributed by atoms with Crippen molar-refractivity contribution in [2.75, 3.05) is 0 Å². The lowest BCUT2D eigenvalue weighted by Gasteiger charge is -2.09. The molecule has 3 aromatic rings. The van der Waals surface area contributed by atoms with E-state index in [0.717, 1.165) is 10.9 Å². The standard InChI is InChI=1S/C17H13N3O2/c21-16(12-6-2-1-3-7-12)19-20-17(22)14-10-11-18-15-9-5-4-8-13(14)15/h1-11H,(H,19,21)(H,20,22). The third kappa shape index (κ3) is 2.78. The van der Waals surface area contributed by atoms with Crippen LogP contribution in [-0.4, -0.2) is 16.8 Å². The van der Waals surface area contributed by atoms with Crippen LogP contribution in [-0.2, 0) is 0 Å². The van der Waals surface area contributed by atoms with Crippen LogP contribution in [0.3, 0.4) is 0 Å². The molecular formula is C17H13N3O2. The lowest BCUT2D eigenvalue weighted by atomic mass is 10.1. The number of carbonyl (C=O) groups is 2. The number of aromatic nitrogens is 1. The van der Waals surface area contributed by atoms with Gasteiger partial charge in [-0.05, 0) is 24.3 Å². The number of hydrogen-bond acceptors (Lipinski definition) is 3. The molecule has 0 spiro atoms. The fourth-order valence-electron chi connectivity index (χ4n) is 2.14. The van der Waals surface area contributed by atoms with Crippen LogP contribution in [0.25, 0.3) is 10.9 Å². The number of rotatable bonds is 2. The summed E-state index contributed by atoms with van der Waals surface area (Å²) in [5, 5.41) is 0.733. The number of fused-ring (bicyclic) bond motifs is 1. The number of benzene rings is 2. The number of carbonyl (C=O) groups excluding carboxylic acids is 2. The Morgan fingerprint density at radius 3 is 2.27 bits per heavy atom. The van der Waals surface area contributed by atoms with Crippen molar-refractivity contribution in [1.29, 1.82) is 0 Å². The maximum Gasteiger partial charge on any atom is 0.270 e. The number of nitrogens with one attached hydrogen (secondary N) is 2. The molecule has 1 aromatic heterocycles. The largest absolute Gasteiger partial charge is 0.270 e. The Balaban J connectivity index is 1.76. The van der Waals surface area contributed by atoms with E-state index < -0.39 is 0 Å². The van der Waals surface area contributed by atoms with Gasteiger partial charge in [0.2, 0.25) is 0 Å². The third-order valence-corrected chi connectivity index (χ3v) is 3.22. The van der Waals surface area contributed by atoms with Crippen LogP contribution >= 0.6 is 0 Å². The summed E-state index contributed by atoms with van der Waals surface area (Å²) in [6, 6.07) is 17.6. The third-order valence-electron chi connectivity index (χ3n) is 3.22. The molecule has 5 heteroatoms. The van der Waals surface area contributed by atoms with E-state index in [1.54, 1.807) is 36.5 Å². The number of amides is 2. The summed E-state index contributed by atoms with van der Waals surface area (Å²) < 4.78 is 0. The van der Waals surface area contributed by atoms with Gasteiger partial charge in [-0.25, -0.2) is 0 Å². The Bertz CT molecular complexity index is 826. The molecule has 0 saturated heterocycles. The summed E-state index contributed by atoms with van der Waals surface area (Å²) in [6.07, 6.45) is 1.57. The van der Waals surface area contributed by atoms with E-state index in [1.807, 2.05) is 30.3 Å². The molecule has 108 valence electrons. The van der Waals surface area contributed by atoms with Gasteiger partial charge < -0.3 is 0 Å². The van der Waals surface area contributed by atoms with Gasteiger partial charge in [-0.3, -0.25) is 25.4 Å². The van der Waals surface area contributed by atoms with Crippen LogP contribution < -0.4 is 10.9 Å². The van der Waals surface area contributed by atoms with E-state index in [9.17, 15) is 9.59 Å². The molecular weight excluding hydrogens is 278 g/mol. The molecule has 0 saturated carbocycles. The molecule has 5 nitrogen and oxygen atoms in total. The molecule has 1 heterocycles. The maximum atomic E-state index is 12.2. The Kier molecular flexibility index (Phi) is 3.78. The Morgan fingerprint density at radius 2 is 1.45 bits per heavy atom. The molecule has 0 unspecified atom stereocenters. The first-order chi connectivity index (χ1) is 10.8. The molecule has 0 aliphatic heterocycles. The van der Waals surface area contributed by atoms with E-state index in [0.29, 0.717) is 11.1 Å². The number of hydrazine groups is 1. The zero-order valence-electron chi connectivity index (χ0n) is 11.6. The van der Waals surface area contributed by atoms with Gasteiger partial charge >= 0.3 is 0 Å². The molecule has 0 radical (unpaired) electrons. The fourth-order valence-corrected chi connectivity index (χ4v) is 2.14. The zero-order chi connectivity index (χ0) is 15.4. The highest BCUT2D eigenvalue weighted by molar-refractivity contribution is 6.07. The second kappa shape index (κ2) is 6.05. The predicted molar refractivity (Wildman–Crippen MR) is 83.1 cm³/mol. The van der Waals surface area contributed by atoms with Gasteiger partial charge in [0.25, 0.3) is 11.8 Å². The highest BCUT2D eigenvalue weighted by atomic mass is 16.2. The highest BCUT2D eigenvalue weighted by Crippen LogP contribution is 2.15. The second-order valence-corrected chi connectivity index (χ2v) is 4.65. The molecule has 3 rings (SSSR count). The number of hydrogen-bond donors (Lipinski definition) is 2. The van der Waals surface area contributed by atoms with Crippen LogP contribution in [0.15, 0.2) is 66.9 Å². The topological polar surface area (TPSA) is 71.1 Å². The summed E-state index contributed by atoms with van der Waals surface area (Å²) >= 11 is 0. The minimum Gasteiger partial charge on any atom is -0.267 e. The van der Waals surface area contributed by atoms with Gasteiger partial charge in [-0.15, -0.1) is 0 Å². The molecule has 0 bridgehead atoms. The molecule has 2 N–H and O–H groups in total. The summed E-state index contributed by atoms with van der Waals surface area (Å²) in [4.78, 5) is 28.3. The predicted octanol–water partition coefficient (Wildman–Crippen LogP) is 2.31. The number of pyridine rings is 1. The average Bonchev–Trinajstić information content (AvgIpc) is 2.59. The molecule has 2 aromatic carbocycles. The van der Waals surface area contributed by atoms with Crippen LogP contribution in [0.5, 0.6) is 0 Å². The van der Waals surface area contributed by atoms with Crippen molar-refractivity contribution < 1.29 is 9.59 Å². The van der Waals surface area contributed by atoms with Crippen molar-refractivity contribution in [2.24, 2.45) is 0 Å². The second-order valence-electron chi connectivity index (χ2n) is 4.65. The number of nitrogens with zero attached hydrogens (tertiary/aromatic N) is 1. The minimum absolute atomic E-state index is 0.368. The van der Waals surface area contributed by atoms with Gasteiger partial charge in [0, 0.05) is 17.1 Å². The first-order valence-electron chi connectivity index (χ1n) is 6.75. The lowest BCUT2D eigenvalue weighted by molar-refractivity contribution is 0.0847. The Labute approximate surface area is 127 Å². The van der Waals surface area contributed by atoms with Gasteiger partial charge in [-0.2, -0.15) is 0 Å². The summed E-state index contributed by atoms with van der Waals surface area (Å²) in [6.45, 7) is 0. The quantitative estimate of drug-likeness (QED) is 0.712. The molecule has 0 fully saturated rings. The SMILES string of the molecule is O=C(NNC(=O)c1ccnc2ccccc12)c1ccccc1. The molecule has 0 aliphatic carbocycles. The van der Waals surface area contributed by atoms with E-state index in [4.69, 9.17) is 0 Å². The van der Waals surface area contributed by atoms with Crippen molar-refractivity contribution in [3.05, 3.63) is 78.0 Å². The summed E-state index contributed by atoms with van der Waals surface area (Å²) in [5.74, 6) is -0.754. The van der Waals surface area contributed by atoms with Crippen molar-refractivity contribution in [3.8, 4) is 0 Å². The average molecular weight is 291 g/mol. The van der Waals surface area contributed by atoms with E-state index in [2.05, 4.69) is 15.8 Å². The number of para-hydroxylation sites is 1. The Morgan fingerprint density at radius 1 is 0.773 bits per heavy atom. The zero-order valence-corrected chi connectivity index (χ0v) is 11.6. The van der Waals surface area contributed by atoms with Crippen LogP contribution in [0.1, 0.15) is 20.7 Å². The van der Waals surface area contributed by atoms with E-state index in [1.165, 1.54) is 0 Å². The molecule has 0 atom stereocenters. The highest BCUT2D eigenvalue weighted by Gasteiger charge is 2.11. The monoisotopic (exact) mass is 291 g/mol. The first kappa shape index (κ1) is 13.8. The van der Waals surface area contributed by atoms with Gasteiger partial charge in [0.1, 0.15) is 0 Å². The fraction of sp³-hybridized carbons (Fsp3) is 0.